The average molecular weight is 403 g/mol. The Balaban J connectivity index is 1.71. The maximum Gasteiger partial charge on any atom is 0.225 e. The largest absolute Gasteiger partial charge is 0.394 e. The Bertz CT molecular complexity index is 869. The van der Waals surface area contributed by atoms with Crippen molar-refractivity contribution in [2.24, 2.45) is 0 Å². The van der Waals surface area contributed by atoms with E-state index in [1.165, 1.54) is 0 Å². The predicted molar refractivity (Wildman–Crippen MR) is 92.8 cm³/mol. The van der Waals surface area contributed by atoms with Crippen LogP contribution >= 0.6 is 23.2 Å². The summed E-state index contributed by atoms with van der Waals surface area (Å²) >= 11 is 11.9. The van der Waals surface area contributed by atoms with E-state index in [4.69, 9.17) is 43.1 Å². The molecule has 2 fully saturated rings. The Morgan fingerprint density at radius 1 is 1.08 bits per heavy atom. The van der Waals surface area contributed by atoms with Gasteiger partial charge in [0.15, 0.2) is 23.7 Å². The number of aliphatic hydroxyl groups excluding tert-OH is 1. The Labute approximate surface area is 158 Å². The lowest BCUT2D eigenvalue weighted by Gasteiger charge is -2.24. The molecule has 10 nitrogen and oxygen atoms in total. The Morgan fingerprint density at radius 2 is 1.73 bits per heavy atom. The summed E-state index contributed by atoms with van der Waals surface area (Å²) in [6.07, 6.45) is -2.12. The number of aliphatic hydroxyl groups is 1. The first-order chi connectivity index (χ1) is 12.3. The summed E-state index contributed by atoms with van der Waals surface area (Å²) in [7, 11) is 0. The van der Waals surface area contributed by atoms with Crippen LogP contribution in [0.25, 0.3) is 11.0 Å². The molecule has 2 saturated heterocycles. The molecule has 0 spiro atoms. The van der Waals surface area contributed by atoms with Crippen LogP contribution in [-0.4, -0.2) is 62.0 Å². The molecule has 4 atom stereocenters. The van der Waals surface area contributed by atoms with Gasteiger partial charge < -0.3 is 30.4 Å². The minimum Gasteiger partial charge on any atom is -0.394 e. The molecule has 0 aliphatic carbocycles. The van der Waals surface area contributed by atoms with E-state index in [0.29, 0.717) is 0 Å². The van der Waals surface area contributed by atoms with Crippen LogP contribution in [0, 0.1) is 0 Å². The van der Waals surface area contributed by atoms with Gasteiger partial charge in [-0.05, 0) is 37.0 Å². The number of hydrogen-bond donors (Lipinski definition) is 3. The number of hydrogen-bond acceptors (Lipinski definition) is 10. The summed E-state index contributed by atoms with van der Waals surface area (Å²) in [5.41, 5.74) is 6.39. The van der Waals surface area contributed by atoms with Crippen LogP contribution in [0.3, 0.4) is 0 Å². The van der Waals surface area contributed by atoms with E-state index in [0.717, 1.165) is 0 Å². The Kier molecular flexibility index (Phi) is 4.29. The Morgan fingerprint density at radius 3 is 2.46 bits per heavy atom. The number of nitrogens with zero attached hydrogens (tertiary/aromatic N) is 4. The van der Waals surface area contributed by atoms with Gasteiger partial charge in [0.2, 0.25) is 10.6 Å². The van der Waals surface area contributed by atoms with Gasteiger partial charge in [-0.3, -0.25) is 0 Å². The quantitative estimate of drug-likeness (QED) is 0.636. The molecule has 0 amide bonds. The molecule has 4 heterocycles. The number of anilines is 2. The summed E-state index contributed by atoms with van der Waals surface area (Å²) in [4.78, 5) is 16.2. The summed E-state index contributed by atoms with van der Waals surface area (Å²) < 4.78 is 17.5. The van der Waals surface area contributed by atoms with Gasteiger partial charge in [0.05, 0.1) is 6.61 Å². The first-order valence-electron chi connectivity index (χ1n) is 7.82. The molecule has 4 rings (SSSR count). The second-order valence-electron chi connectivity index (χ2n) is 6.40. The molecule has 12 heteroatoms. The van der Waals surface area contributed by atoms with Gasteiger partial charge in [-0.2, -0.15) is 9.97 Å². The molecule has 26 heavy (non-hydrogen) atoms. The van der Waals surface area contributed by atoms with E-state index >= 15 is 0 Å². The normalized spacial score (nSPS) is 29.9. The molecule has 140 valence electrons. The summed E-state index contributed by atoms with van der Waals surface area (Å²) in [6.45, 7) is 3.37. The summed E-state index contributed by atoms with van der Waals surface area (Å²) in [5.74, 6) is -0.465. The average Bonchev–Trinajstić information content (AvgIpc) is 3.02. The third kappa shape index (κ3) is 3.02. The zero-order valence-corrected chi connectivity index (χ0v) is 15.3. The van der Waals surface area contributed by atoms with Crippen molar-refractivity contribution in [1.29, 1.82) is 0 Å². The number of nitrogen functional groups attached to an aromatic ring is 1. The highest BCUT2D eigenvalue weighted by Gasteiger charge is 2.55. The minimum atomic E-state index is -0.798. The Hall–Kier alpha value is -1.56. The standard InChI is InChI=1S/C14H16Cl2N6O4/c1-14(2)25-7-4(3-23)24-11(8(7)26-14)21-10-6-5(18-13(16)22-10)9(17)20-12(15)19-6/h4,7-8,11,23H,3H2,1-2H3,(H2,17,19,20)(H,18,21,22)/t4-,7-,8-,11+/m1/s1. The molecule has 0 aromatic carbocycles. The van der Waals surface area contributed by atoms with Crippen LogP contribution in [0.2, 0.25) is 10.6 Å². The first kappa shape index (κ1) is 17.8. The van der Waals surface area contributed by atoms with Crippen LogP contribution in [-0.2, 0) is 14.2 Å². The lowest BCUT2D eigenvalue weighted by molar-refractivity contribution is -0.187. The third-order valence-electron chi connectivity index (χ3n) is 4.12. The van der Waals surface area contributed by atoms with E-state index in [2.05, 4.69) is 25.3 Å². The van der Waals surface area contributed by atoms with Gasteiger partial charge in [0, 0.05) is 0 Å². The van der Waals surface area contributed by atoms with Crippen LogP contribution in [0.1, 0.15) is 13.8 Å². The van der Waals surface area contributed by atoms with Crippen molar-refractivity contribution < 1.29 is 19.3 Å². The zero-order valence-electron chi connectivity index (χ0n) is 13.8. The van der Waals surface area contributed by atoms with Crippen molar-refractivity contribution in [1.82, 2.24) is 19.9 Å². The fourth-order valence-electron chi connectivity index (χ4n) is 3.16. The van der Waals surface area contributed by atoms with Gasteiger partial charge in [0.25, 0.3) is 0 Å². The van der Waals surface area contributed by atoms with Gasteiger partial charge in [-0.15, -0.1) is 0 Å². The number of halogens is 2. The minimum absolute atomic E-state index is 0.0465. The smallest absolute Gasteiger partial charge is 0.225 e. The van der Waals surface area contributed by atoms with Gasteiger partial charge >= 0.3 is 0 Å². The lowest BCUT2D eigenvalue weighted by Crippen LogP contribution is -2.35. The van der Waals surface area contributed by atoms with Gasteiger partial charge in [-0.25, -0.2) is 9.97 Å². The van der Waals surface area contributed by atoms with E-state index in [1.807, 2.05) is 0 Å². The SMILES string of the molecule is CC1(C)O[C@@H]2[C@H](O1)[C@@H](CO)O[C@@H]2Nc1nc(Cl)nc2c(N)nc(Cl)nc12. The maximum absolute atomic E-state index is 9.57. The molecule has 0 bridgehead atoms. The topological polar surface area (TPSA) is 138 Å². The van der Waals surface area contributed by atoms with E-state index in [1.54, 1.807) is 13.8 Å². The number of fused-ring (bicyclic) bond motifs is 2. The highest BCUT2D eigenvalue weighted by atomic mass is 35.5. The number of nitrogens with one attached hydrogen (secondary N) is 1. The van der Waals surface area contributed by atoms with Crippen molar-refractivity contribution in [2.75, 3.05) is 17.7 Å². The highest BCUT2D eigenvalue weighted by molar-refractivity contribution is 6.29. The molecule has 2 aliphatic rings. The molecule has 0 saturated carbocycles. The van der Waals surface area contributed by atoms with Crippen LogP contribution < -0.4 is 11.1 Å². The molecule has 4 N–H and O–H groups in total. The first-order valence-corrected chi connectivity index (χ1v) is 8.58. The molecule has 2 aromatic heterocycles. The van der Waals surface area contributed by atoms with Gasteiger partial charge in [-0.1, -0.05) is 0 Å². The monoisotopic (exact) mass is 402 g/mol. The molecule has 2 aromatic rings. The molecular weight excluding hydrogens is 387 g/mol. The molecule has 0 unspecified atom stereocenters. The third-order valence-corrected chi connectivity index (χ3v) is 4.46. The van der Waals surface area contributed by atoms with E-state index < -0.39 is 30.3 Å². The maximum atomic E-state index is 9.57. The lowest BCUT2D eigenvalue weighted by atomic mass is 10.1. The molecule has 2 aliphatic heterocycles. The summed E-state index contributed by atoms with van der Waals surface area (Å²) in [6, 6.07) is 0. The van der Waals surface area contributed by atoms with Crippen molar-refractivity contribution in [2.45, 2.75) is 44.2 Å². The summed E-state index contributed by atoms with van der Waals surface area (Å²) in [5, 5.41) is 12.5. The fraction of sp³-hybridized carbons (Fsp3) is 0.571. The van der Waals surface area contributed by atoms with Crippen LogP contribution in [0.15, 0.2) is 0 Å². The number of aromatic nitrogens is 4. The second kappa shape index (κ2) is 6.25. The second-order valence-corrected chi connectivity index (χ2v) is 7.08. The fourth-order valence-corrected chi connectivity index (χ4v) is 3.51. The van der Waals surface area contributed by atoms with Crippen molar-refractivity contribution in [3.05, 3.63) is 10.6 Å². The van der Waals surface area contributed by atoms with Crippen molar-refractivity contribution in [3.63, 3.8) is 0 Å². The predicted octanol–water partition coefficient (Wildman–Crippen LogP) is 0.958. The zero-order chi connectivity index (χ0) is 18.6. The van der Waals surface area contributed by atoms with Gasteiger partial charge in [0.1, 0.15) is 29.3 Å². The van der Waals surface area contributed by atoms with Crippen LogP contribution in [0.4, 0.5) is 11.6 Å². The number of nitrogens with two attached hydrogens (primary N) is 1. The number of ether oxygens (including phenoxy) is 3. The molecular formula is C14H16Cl2N6O4. The van der Waals surface area contributed by atoms with Crippen LogP contribution in [0.5, 0.6) is 0 Å². The molecule has 0 radical (unpaired) electrons. The van der Waals surface area contributed by atoms with E-state index in [9.17, 15) is 5.11 Å². The van der Waals surface area contributed by atoms with E-state index in [-0.39, 0.29) is 39.8 Å². The number of rotatable bonds is 3. The highest BCUT2D eigenvalue weighted by Crippen LogP contribution is 2.39. The van der Waals surface area contributed by atoms with Crippen molar-refractivity contribution >= 4 is 45.9 Å². The van der Waals surface area contributed by atoms with Crippen molar-refractivity contribution in [3.8, 4) is 0 Å².